The number of likely N-dealkylation sites (tertiary alicyclic amines) is 1. The summed E-state index contributed by atoms with van der Waals surface area (Å²) in [4.78, 5) is 27.6. The van der Waals surface area contributed by atoms with Gasteiger partial charge in [0.1, 0.15) is 6.04 Å². The monoisotopic (exact) mass is 493 g/mol. The summed E-state index contributed by atoms with van der Waals surface area (Å²) in [5.41, 5.74) is 0.549. The lowest BCUT2D eigenvalue weighted by molar-refractivity contribution is -0.166. The fraction of sp³-hybridized carbons (Fsp3) is 0.440. The maximum Gasteiger partial charge on any atom is 0.326 e. The highest BCUT2D eigenvalue weighted by Crippen LogP contribution is 2.52. The van der Waals surface area contributed by atoms with Gasteiger partial charge in [-0.3, -0.25) is 4.79 Å². The van der Waals surface area contributed by atoms with E-state index in [1.165, 1.54) is 4.90 Å². The average Bonchev–Trinajstić information content (AvgIpc) is 2.77. The Morgan fingerprint density at radius 2 is 1.82 bits per heavy atom. The summed E-state index contributed by atoms with van der Waals surface area (Å²) < 4.78 is 0. The van der Waals surface area contributed by atoms with Crippen LogP contribution in [0, 0.1) is 5.41 Å². The number of amides is 1. The highest BCUT2D eigenvalue weighted by Gasteiger charge is 2.53. The van der Waals surface area contributed by atoms with E-state index in [1.54, 1.807) is 32.0 Å². The summed E-state index contributed by atoms with van der Waals surface area (Å²) in [6, 6.07) is 12.8. The summed E-state index contributed by atoms with van der Waals surface area (Å²) >= 11 is 12.4. The van der Waals surface area contributed by atoms with Crippen molar-refractivity contribution in [3.8, 4) is 0 Å². The molecule has 2 aromatic rings. The number of carbonyl (C=O) groups excluding carboxylic acids is 1. The molecule has 0 aromatic heterocycles. The van der Waals surface area contributed by atoms with Crippen LogP contribution in [-0.2, 0) is 9.59 Å². The van der Waals surface area contributed by atoms with Crippen molar-refractivity contribution in [1.82, 2.24) is 4.90 Å². The number of aliphatic hydroxyl groups excluding tert-OH is 2. The second kappa shape index (κ2) is 10.4. The minimum absolute atomic E-state index is 0.0132. The number of carboxylic acid groups (broad SMARTS) is 1. The molecule has 33 heavy (non-hydrogen) atoms. The Morgan fingerprint density at radius 1 is 1.15 bits per heavy atom. The van der Waals surface area contributed by atoms with E-state index in [-0.39, 0.29) is 24.7 Å². The first-order chi connectivity index (χ1) is 15.6. The van der Waals surface area contributed by atoms with Crippen molar-refractivity contribution < 1.29 is 24.9 Å². The standard InChI is InChI=1S/C25H29Cl2NO5/c1-3-21(23(31)32)28-22(15-7-9-17(26)10-8-15)20(16-5-4-6-18(27)11-16)13-25(2,24(28)33)12-19(30)14-29/h4-11,19-22,29-30H,3,12-14H2,1-2H3,(H,31,32)/t19?,20-,21+,22-,25+/m1/s1. The topological polar surface area (TPSA) is 98.1 Å². The van der Waals surface area contributed by atoms with Gasteiger partial charge in [0.2, 0.25) is 5.91 Å². The van der Waals surface area contributed by atoms with E-state index in [0.29, 0.717) is 16.5 Å². The van der Waals surface area contributed by atoms with E-state index in [4.69, 9.17) is 23.2 Å². The van der Waals surface area contributed by atoms with Gasteiger partial charge < -0.3 is 20.2 Å². The average molecular weight is 494 g/mol. The van der Waals surface area contributed by atoms with Gasteiger partial charge in [-0.1, -0.05) is 61.3 Å². The van der Waals surface area contributed by atoms with E-state index >= 15 is 0 Å². The Hall–Kier alpha value is -2.12. The number of carbonyl (C=O) groups is 2. The lowest BCUT2D eigenvalue weighted by atomic mass is 9.66. The van der Waals surface area contributed by atoms with Crippen LogP contribution in [0.15, 0.2) is 48.5 Å². The lowest BCUT2D eigenvalue weighted by Crippen LogP contribution is -2.58. The summed E-state index contributed by atoms with van der Waals surface area (Å²) in [5.74, 6) is -1.75. The second-order valence-corrected chi connectivity index (χ2v) is 9.81. The van der Waals surface area contributed by atoms with Gasteiger partial charge >= 0.3 is 5.97 Å². The molecule has 8 heteroatoms. The smallest absolute Gasteiger partial charge is 0.326 e. The van der Waals surface area contributed by atoms with Crippen molar-refractivity contribution in [3.05, 3.63) is 69.7 Å². The Labute approximate surface area is 203 Å². The number of rotatable bonds is 8. The first-order valence-electron chi connectivity index (χ1n) is 11.0. The normalized spacial score (nSPS) is 25.0. The number of nitrogens with zero attached hydrogens (tertiary/aromatic N) is 1. The maximum absolute atomic E-state index is 13.9. The van der Waals surface area contributed by atoms with Gasteiger partial charge in [0.05, 0.1) is 18.8 Å². The molecule has 0 spiro atoms. The number of carboxylic acids is 1. The third-order valence-electron chi connectivity index (χ3n) is 6.49. The molecule has 1 fully saturated rings. The number of benzene rings is 2. The van der Waals surface area contributed by atoms with Gasteiger partial charge in [0, 0.05) is 21.4 Å². The maximum atomic E-state index is 13.9. The Kier molecular flexibility index (Phi) is 8.06. The third-order valence-corrected chi connectivity index (χ3v) is 6.98. The van der Waals surface area contributed by atoms with Crippen LogP contribution < -0.4 is 0 Å². The molecule has 5 atom stereocenters. The van der Waals surface area contributed by atoms with Crippen LogP contribution in [0.3, 0.4) is 0 Å². The van der Waals surface area contributed by atoms with E-state index in [9.17, 15) is 24.9 Å². The van der Waals surface area contributed by atoms with E-state index in [2.05, 4.69) is 0 Å². The largest absolute Gasteiger partial charge is 0.480 e. The zero-order valence-electron chi connectivity index (χ0n) is 18.6. The number of piperidine rings is 1. The van der Waals surface area contributed by atoms with Crippen LogP contribution in [0.2, 0.25) is 10.0 Å². The fourth-order valence-electron chi connectivity index (χ4n) is 4.99. The summed E-state index contributed by atoms with van der Waals surface area (Å²) in [6.07, 6.45) is -0.521. The molecule has 1 saturated heterocycles. The molecule has 2 aromatic carbocycles. The molecule has 1 unspecified atom stereocenters. The molecule has 0 aliphatic carbocycles. The van der Waals surface area contributed by atoms with Crippen molar-refractivity contribution >= 4 is 35.1 Å². The fourth-order valence-corrected chi connectivity index (χ4v) is 5.31. The molecule has 0 radical (unpaired) electrons. The predicted octanol–water partition coefficient (Wildman–Crippen LogP) is 4.66. The molecule has 6 nitrogen and oxygen atoms in total. The van der Waals surface area contributed by atoms with Crippen molar-refractivity contribution in [2.75, 3.05) is 6.61 Å². The van der Waals surface area contributed by atoms with Crippen LogP contribution in [-0.4, -0.2) is 50.8 Å². The molecule has 178 valence electrons. The number of aliphatic hydroxyl groups is 2. The number of aliphatic carboxylic acids is 1. The Bertz CT molecular complexity index is 999. The van der Waals surface area contributed by atoms with Crippen LogP contribution in [0.5, 0.6) is 0 Å². The van der Waals surface area contributed by atoms with Gasteiger partial charge in [-0.25, -0.2) is 4.79 Å². The van der Waals surface area contributed by atoms with Gasteiger partial charge in [0.25, 0.3) is 0 Å². The van der Waals surface area contributed by atoms with Gasteiger partial charge in [0.15, 0.2) is 0 Å². The van der Waals surface area contributed by atoms with Crippen molar-refractivity contribution in [1.29, 1.82) is 0 Å². The van der Waals surface area contributed by atoms with Crippen molar-refractivity contribution in [2.45, 2.75) is 57.2 Å². The van der Waals surface area contributed by atoms with Crippen molar-refractivity contribution in [2.24, 2.45) is 5.41 Å². The summed E-state index contributed by atoms with van der Waals surface area (Å²) in [7, 11) is 0. The minimum Gasteiger partial charge on any atom is -0.480 e. The first kappa shape index (κ1) is 25.5. The zero-order valence-corrected chi connectivity index (χ0v) is 20.1. The first-order valence-corrected chi connectivity index (χ1v) is 11.7. The lowest BCUT2D eigenvalue weighted by Gasteiger charge is -2.51. The molecular formula is C25H29Cl2NO5. The van der Waals surface area contributed by atoms with E-state index in [0.717, 1.165) is 11.1 Å². The van der Waals surface area contributed by atoms with Gasteiger partial charge in [-0.2, -0.15) is 0 Å². The van der Waals surface area contributed by atoms with Crippen LogP contribution >= 0.6 is 23.2 Å². The SMILES string of the molecule is CC[C@@H](C(=O)O)N1C(=O)[C@@](C)(CC(O)CO)C[C@H](c2cccc(Cl)c2)[C@H]1c1ccc(Cl)cc1. The number of hydrogen-bond acceptors (Lipinski definition) is 4. The molecule has 0 bridgehead atoms. The van der Waals surface area contributed by atoms with E-state index in [1.807, 2.05) is 30.3 Å². The highest BCUT2D eigenvalue weighted by molar-refractivity contribution is 6.30. The quantitative estimate of drug-likeness (QED) is 0.496. The third kappa shape index (κ3) is 5.35. The molecular weight excluding hydrogens is 465 g/mol. The van der Waals surface area contributed by atoms with Crippen molar-refractivity contribution in [3.63, 3.8) is 0 Å². The molecule has 1 aliphatic rings. The molecule has 0 saturated carbocycles. The molecule has 1 aliphatic heterocycles. The zero-order chi connectivity index (χ0) is 24.3. The predicted molar refractivity (Wildman–Crippen MR) is 127 cm³/mol. The summed E-state index contributed by atoms with van der Waals surface area (Å²) in [6.45, 7) is 2.97. The summed E-state index contributed by atoms with van der Waals surface area (Å²) in [5, 5.41) is 30.8. The molecule has 3 N–H and O–H groups in total. The van der Waals surface area contributed by atoms with Crippen LogP contribution in [0.25, 0.3) is 0 Å². The highest BCUT2D eigenvalue weighted by atomic mass is 35.5. The molecule has 1 amide bonds. The number of halogens is 2. The van der Waals surface area contributed by atoms with E-state index < -0.39 is 36.2 Å². The Balaban J connectivity index is 2.24. The van der Waals surface area contributed by atoms with Crippen LogP contribution in [0.4, 0.5) is 0 Å². The minimum atomic E-state index is -1.10. The Morgan fingerprint density at radius 3 is 2.36 bits per heavy atom. The molecule has 3 rings (SSSR count). The second-order valence-electron chi connectivity index (χ2n) is 8.94. The number of hydrogen-bond donors (Lipinski definition) is 3. The van der Waals surface area contributed by atoms with Crippen LogP contribution in [0.1, 0.15) is 56.2 Å². The van der Waals surface area contributed by atoms with Gasteiger partial charge in [-0.05, 0) is 54.7 Å². The van der Waals surface area contributed by atoms with Gasteiger partial charge in [-0.15, -0.1) is 0 Å². The molecule has 1 heterocycles.